The Bertz CT molecular complexity index is 1510. The number of nitrogens with one attached hydrogen (secondary N) is 2. The van der Waals surface area contributed by atoms with Gasteiger partial charge in [-0.05, 0) is 80.8 Å². The first-order chi connectivity index (χ1) is 20.2. The van der Waals surface area contributed by atoms with Gasteiger partial charge in [-0.15, -0.1) is 0 Å². The smallest absolute Gasteiger partial charge is 0.398 e. The number of pyridine rings is 1. The maximum atomic E-state index is 14.5. The predicted molar refractivity (Wildman–Crippen MR) is 151 cm³/mol. The van der Waals surface area contributed by atoms with Crippen molar-refractivity contribution in [3.05, 3.63) is 76.2 Å². The number of carbonyl (C=O) groups excluding carboxylic acids is 1. The number of aliphatic carboxylic acids is 1. The van der Waals surface area contributed by atoms with E-state index in [4.69, 9.17) is 26.2 Å². The van der Waals surface area contributed by atoms with E-state index in [0.717, 1.165) is 18.9 Å². The van der Waals surface area contributed by atoms with Crippen LogP contribution < -0.4 is 20.1 Å². The molecular weight excluding hydrogens is 594 g/mol. The Morgan fingerprint density at radius 2 is 1.81 bits per heavy atom. The topological polar surface area (TPSA) is 110 Å². The van der Waals surface area contributed by atoms with Crippen molar-refractivity contribution in [3.8, 4) is 22.8 Å². The number of halogens is 5. The van der Waals surface area contributed by atoms with E-state index in [1.807, 2.05) is 0 Å². The summed E-state index contributed by atoms with van der Waals surface area (Å²) in [4.78, 5) is 28.4. The SMILES string of the molecule is COc1cc(C(=O)NCC(c2cc(C(C)(C)NCC(=O)O)cc(-c3ccc(F)c(Cl)c3)n2)C(F)(F)F)ccc1OC1CC1. The number of hydrogen-bond donors (Lipinski definition) is 3. The van der Waals surface area contributed by atoms with Gasteiger partial charge in [0.1, 0.15) is 11.7 Å². The summed E-state index contributed by atoms with van der Waals surface area (Å²) in [6.45, 7) is 1.89. The molecule has 0 spiro atoms. The molecule has 3 aromatic rings. The largest absolute Gasteiger partial charge is 0.493 e. The molecule has 13 heteroatoms. The number of ether oxygens (including phenoxy) is 2. The fourth-order valence-electron chi connectivity index (χ4n) is 4.25. The molecule has 1 fully saturated rings. The second-order valence-corrected chi connectivity index (χ2v) is 11.1. The standard InChI is InChI=1S/C30H30ClF4N3O5/c1-29(2,37-15-27(39)40)18-12-23(16-4-8-22(32)21(31)10-16)38-24(13-18)20(30(33,34)35)14-36-28(41)17-5-9-25(26(11-17)42-3)43-19-6-7-19/h4-5,8-13,19-20,37H,6-7,14-15H2,1-3H3,(H,36,41)(H,39,40). The zero-order chi connectivity index (χ0) is 31.5. The van der Waals surface area contributed by atoms with Crippen LogP contribution in [0.25, 0.3) is 11.3 Å². The first-order valence-electron chi connectivity index (χ1n) is 13.3. The second kappa shape index (κ2) is 12.8. The average Bonchev–Trinajstić information content (AvgIpc) is 3.77. The van der Waals surface area contributed by atoms with Gasteiger partial charge in [0.2, 0.25) is 0 Å². The zero-order valence-corrected chi connectivity index (χ0v) is 24.3. The lowest BCUT2D eigenvalue weighted by Gasteiger charge is -2.29. The van der Waals surface area contributed by atoms with Crippen molar-refractivity contribution in [1.82, 2.24) is 15.6 Å². The van der Waals surface area contributed by atoms with Crippen molar-refractivity contribution < 1.29 is 41.7 Å². The van der Waals surface area contributed by atoms with Crippen LogP contribution >= 0.6 is 11.6 Å². The number of amides is 1. The lowest BCUT2D eigenvalue weighted by Crippen LogP contribution is -2.40. The highest BCUT2D eigenvalue weighted by atomic mass is 35.5. The van der Waals surface area contributed by atoms with Crippen LogP contribution in [0.4, 0.5) is 17.6 Å². The first kappa shape index (κ1) is 32.0. The van der Waals surface area contributed by atoms with Gasteiger partial charge in [-0.2, -0.15) is 13.2 Å². The van der Waals surface area contributed by atoms with Gasteiger partial charge in [-0.3, -0.25) is 19.9 Å². The summed E-state index contributed by atoms with van der Waals surface area (Å²) in [5.74, 6) is -4.18. The molecule has 1 aromatic heterocycles. The molecule has 43 heavy (non-hydrogen) atoms. The number of rotatable bonds is 12. The van der Waals surface area contributed by atoms with E-state index in [1.165, 1.54) is 49.6 Å². The highest BCUT2D eigenvalue weighted by molar-refractivity contribution is 6.31. The van der Waals surface area contributed by atoms with Crippen LogP contribution in [0.3, 0.4) is 0 Å². The number of hydrogen-bond acceptors (Lipinski definition) is 6. The minimum atomic E-state index is -4.84. The molecule has 2 aromatic carbocycles. The second-order valence-electron chi connectivity index (χ2n) is 10.7. The van der Waals surface area contributed by atoms with Crippen LogP contribution in [-0.2, 0) is 10.3 Å². The van der Waals surface area contributed by atoms with Gasteiger partial charge in [0.05, 0.1) is 36.2 Å². The molecule has 0 radical (unpaired) electrons. The van der Waals surface area contributed by atoms with Crippen LogP contribution in [0.1, 0.15) is 54.2 Å². The number of aromatic nitrogens is 1. The lowest BCUT2D eigenvalue weighted by atomic mass is 9.90. The van der Waals surface area contributed by atoms with Gasteiger partial charge in [-0.25, -0.2) is 4.39 Å². The Labute approximate surface area is 250 Å². The molecule has 230 valence electrons. The van der Waals surface area contributed by atoms with Gasteiger partial charge < -0.3 is 19.9 Å². The summed E-state index contributed by atoms with van der Waals surface area (Å²) in [6, 6.07) is 10.7. The number of carboxylic acids is 1. The van der Waals surface area contributed by atoms with Crippen molar-refractivity contribution in [3.63, 3.8) is 0 Å². The van der Waals surface area contributed by atoms with Gasteiger partial charge in [0, 0.05) is 23.2 Å². The van der Waals surface area contributed by atoms with Crippen molar-refractivity contribution in [1.29, 1.82) is 0 Å². The predicted octanol–water partition coefficient (Wildman–Crippen LogP) is 6.08. The monoisotopic (exact) mass is 623 g/mol. The Hall–Kier alpha value is -3.90. The maximum absolute atomic E-state index is 14.5. The summed E-state index contributed by atoms with van der Waals surface area (Å²) in [6.07, 6.45) is -2.95. The Morgan fingerprint density at radius 1 is 1.09 bits per heavy atom. The molecule has 1 aliphatic rings. The van der Waals surface area contributed by atoms with E-state index in [1.54, 1.807) is 13.8 Å². The molecule has 1 saturated carbocycles. The average molecular weight is 624 g/mol. The zero-order valence-electron chi connectivity index (χ0n) is 23.5. The van der Waals surface area contributed by atoms with Gasteiger partial charge in [0.15, 0.2) is 11.5 Å². The Balaban J connectivity index is 1.68. The third kappa shape index (κ3) is 8.14. The summed E-state index contributed by atoms with van der Waals surface area (Å²) in [7, 11) is 1.40. The maximum Gasteiger partial charge on any atom is 0.398 e. The molecule has 0 bridgehead atoms. The summed E-state index contributed by atoms with van der Waals surface area (Å²) in [5, 5.41) is 14.0. The third-order valence-corrected chi connectivity index (χ3v) is 7.22. The number of carbonyl (C=O) groups is 2. The van der Waals surface area contributed by atoms with Crippen LogP contribution in [0.2, 0.25) is 5.02 Å². The van der Waals surface area contributed by atoms with E-state index in [2.05, 4.69) is 15.6 Å². The quantitative estimate of drug-likeness (QED) is 0.210. The molecule has 4 rings (SSSR count). The Morgan fingerprint density at radius 3 is 2.42 bits per heavy atom. The normalized spacial score (nSPS) is 14.2. The number of nitrogens with zero attached hydrogens (tertiary/aromatic N) is 1. The minimum Gasteiger partial charge on any atom is -0.493 e. The highest BCUT2D eigenvalue weighted by Gasteiger charge is 2.43. The van der Waals surface area contributed by atoms with Gasteiger partial charge in [0.25, 0.3) is 5.91 Å². The summed E-state index contributed by atoms with van der Waals surface area (Å²) in [5.41, 5.74) is -0.898. The van der Waals surface area contributed by atoms with Crippen LogP contribution in [0, 0.1) is 5.82 Å². The third-order valence-electron chi connectivity index (χ3n) is 6.93. The number of carboxylic acid groups (broad SMARTS) is 1. The lowest BCUT2D eigenvalue weighted by molar-refractivity contribution is -0.149. The van der Waals surface area contributed by atoms with E-state index < -0.39 is 54.1 Å². The fraction of sp³-hybridized carbons (Fsp3) is 0.367. The highest BCUT2D eigenvalue weighted by Crippen LogP contribution is 2.38. The molecule has 0 aliphatic heterocycles. The molecule has 8 nitrogen and oxygen atoms in total. The van der Waals surface area contributed by atoms with Crippen molar-refractivity contribution in [2.45, 2.75) is 50.4 Å². The summed E-state index contributed by atoms with van der Waals surface area (Å²) < 4.78 is 68.4. The fourth-order valence-corrected chi connectivity index (χ4v) is 4.43. The molecular formula is C30H30ClF4N3O5. The molecule has 3 N–H and O–H groups in total. The first-order valence-corrected chi connectivity index (χ1v) is 13.7. The van der Waals surface area contributed by atoms with E-state index in [-0.39, 0.29) is 39.3 Å². The van der Waals surface area contributed by atoms with E-state index in [0.29, 0.717) is 5.75 Å². The summed E-state index contributed by atoms with van der Waals surface area (Å²) >= 11 is 5.93. The molecule has 1 amide bonds. The molecule has 1 atom stereocenters. The molecule has 0 saturated heterocycles. The van der Waals surface area contributed by atoms with Gasteiger partial charge in [-0.1, -0.05) is 11.6 Å². The van der Waals surface area contributed by atoms with Crippen molar-refractivity contribution in [2.75, 3.05) is 20.2 Å². The van der Waals surface area contributed by atoms with Crippen molar-refractivity contribution >= 4 is 23.5 Å². The van der Waals surface area contributed by atoms with Crippen LogP contribution in [0.5, 0.6) is 11.5 Å². The van der Waals surface area contributed by atoms with E-state index in [9.17, 15) is 27.2 Å². The number of alkyl halides is 3. The van der Waals surface area contributed by atoms with Gasteiger partial charge >= 0.3 is 12.1 Å². The molecule has 1 unspecified atom stereocenters. The number of methoxy groups -OCH3 is 1. The van der Waals surface area contributed by atoms with E-state index >= 15 is 0 Å². The van der Waals surface area contributed by atoms with Crippen LogP contribution in [-0.4, -0.2) is 54.4 Å². The molecule has 1 aliphatic carbocycles. The molecule has 1 heterocycles. The minimum absolute atomic E-state index is 0.0520. The van der Waals surface area contributed by atoms with Crippen molar-refractivity contribution in [2.24, 2.45) is 0 Å². The number of benzene rings is 2. The Kier molecular flexibility index (Phi) is 9.50. The van der Waals surface area contributed by atoms with Crippen LogP contribution in [0.15, 0.2) is 48.5 Å².